The molecule has 17 heavy (non-hydrogen) atoms. The fourth-order valence-electron chi connectivity index (χ4n) is 2.47. The van der Waals surface area contributed by atoms with Crippen molar-refractivity contribution in [1.29, 1.82) is 0 Å². The molecule has 1 heterocycles. The number of hydrogen-bond acceptors (Lipinski definition) is 3. The van der Waals surface area contributed by atoms with E-state index in [9.17, 15) is 9.90 Å². The number of thiazole rings is 1. The lowest BCUT2D eigenvalue weighted by atomic mass is 9.90. The van der Waals surface area contributed by atoms with Crippen molar-refractivity contribution in [3.05, 3.63) is 15.6 Å². The van der Waals surface area contributed by atoms with Crippen LogP contribution in [0.25, 0.3) is 0 Å². The molecule has 0 aliphatic heterocycles. The zero-order valence-electron chi connectivity index (χ0n) is 10.2. The second-order valence-corrected chi connectivity index (χ2v) is 5.75. The molecule has 0 unspecified atom stereocenters. The van der Waals surface area contributed by atoms with E-state index in [1.807, 2.05) is 0 Å². The fourth-order valence-corrected chi connectivity index (χ4v) is 3.59. The smallest absolute Gasteiger partial charge is 0.347 e. The van der Waals surface area contributed by atoms with Crippen molar-refractivity contribution in [2.75, 3.05) is 0 Å². The number of aromatic carboxylic acids is 1. The normalized spacial score (nSPS) is 17.2. The van der Waals surface area contributed by atoms with Gasteiger partial charge < -0.3 is 5.11 Å². The average molecular weight is 253 g/mol. The molecule has 2 rings (SSSR count). The molecule has 0 saturated heterocycles. The molecule has 1 N–H and O–H groups in total. The van der Waals surface area contributed by atoms with Crippen LogP contribution in [0.1, 0.15) is 71.7 Å². The minimum absolute atomic E-state index is 0.465. The van der Waals surface area contributed by atoms with Gasteiger partial charge in [0.25, 0.3) is 0 Å². The van der Waals surface area contributed by atoms with Gasteiger partial charge >= 0.3 is 5.97 Å². The van der Waals surface area contributed by atoms with Crippen LogP contribution in [-0.2, 0) is 6.42 Å². The van der Waals surface area contributed by atoms with Crippen LogP contribution in [0.3, 0.4) is 0 Å². The van der Waals surface area contributed by atoms with Crippen LogP contribution < -0.4 is 0 Å². The Morgan fingerprint density at radius 2 is 2.12 bits per heavy atom. The van der Waals surface area contributed by atoms with Crippen LogP contribution in [-0.4, -0.2) is 16.1 Å². The first-order valence-corrected chi connectivity index (χ1v) is 7.27. The molecule has 0 amide bonds. The third kappa shape index (κ3) is 2.86. The van der Waals surface area contributed by atoms with E-state index in [2.05, 4.69) is 11.9 Å². The van der Waals surface area contributed by atoms with Gasteiger partial charge in [-0.15, -0.1) is 11.3 Å². The van der Waals surface area contributed by atoms with Crippen molar-refractivity contribution in [2.24, 2.45) is 0 Å². The number of hydrogen-bond donors (Lipinski definition) is 1. The van der Waals surface area contributed by atoms with Crippen molar-refractivity contribution < 1.29 is 9.90 Å². The predicted molar refractivity (Wildman–Crippen MR) is 68.9 cm³/mol. The van der Waals surface area contributed by atoms with Crippen LogP contribution in [0.4, 0.5) is 0 Å². The van der Waals surface area contributed by atoms with Gasteiger partial charge in [-0.05, 0) is 19.3 Å². The van der Waals surface area contributed by atoms with Gasteiger partial charge in [0.1, 0.15) is 4.88 Å². The summed E-state index contributed by atoms with van der Waals surface area (Å²) in [7, 11) is 0. The fraction of sp³-hybridized carbons (Fsp3) is 0.692. The SMILES string of the molecule is CCCc1nc(C2CCCCC2)sc1C(=O)O. The highest BCUT2D eigenvalue weighted by Crippen LogP contribution is 2.36. The molecular formula is C13H19NO2S. The van der Waals surface area contributed by atoms with Gasteiger partial charge in [0.2, 0.25) is 0 Å². The first kappa shape index (κ1) is 12.6. The molecule has 94 valence electrons. The zero-order valence-corrected chi connectivity index (χ0v) is 11.1. The molecule has 1 aliphatic rings. The van der Waals surface area contributed by atoms with Crippen LogP contribution >= 0.6 is 11.3 Å². The Morgan fingerprint density at radius 1 is 1.41 bits per heavy atom. The van der Waals surface area contributed by atoms with Gasteiger partial charge in [-0.2, -0.15) is 0 Å². The second kappa shape index (κ2) is 5.63. The number of carboxylic acid groups (broad SMARTS) is 1. The molecule has 4 heteroatoms. The van der Waals surface area contributed by atoms with E-state index in [0.717, 1.165) is 23.5 Å². The topological polar surface area (TPSA) is 50.2 Å². The van der Waals surface area contributed by atoms with Gasteiger partial charge in [0.05, 0.1) is 10.7 Å². The van der Waals surface area contributed by atoms with Gasteiger partial charge in [0, 0.05) is 5.92 Å². The Kier molecular flexibility index (Phi) is 4.15. The minimum atomic E-state index is -0.812. The molecule has 1 aromatic heterocycles. The molecule has 1 aliphatic carbocycles. The van der Waals surface area contributed by atoms with Gasteiger partial charge in [-0.1, -0.05) is 32.6 Å². The molecule has 0 atom stereocenters. The maximum atomic E-state index is 11.2. The maximum Gasteiger partial charge on any atom is 0.347 e. The molecule has 0 radical (unpaired) electrons. The van der Waals surface area contributed by atoms with E-state index in [0.29, 0.717) is 10.8 Å². The Bertz CT molecular complexity index is 394. The van der Waals surface area contributed by atoms with E-state index in [-0.39, 0.29) is 0 Å². The molecule has 1 fully saturated rings. The van der Waals surface area contributed by atoms with Crippen molar-refractivity contribution in [3.63, 3.8) is 0 Å². The Labute approximate surface area is 106 Å². The van der Waals surface area contributed by atoms with Gasteiger partial charge in [-0.25, -0.2) is 9.78 Å². The Hall–Kier alpha value is -0.900. The summed E-state index contributed by atoms with van der Waals surface area (Å²) in [6.45, 7) is 2.06. The van der Waals surface area contributed by atoms with Crippen molar-refractivity contribution in [2.45, 2.75) is 57.8 Å². The summed E-state index contributed by atoms with van der Waals surface area (Å²) in [5.74, 6) is -0.300. The molecular weight excluding hydrogens is 234 g/mol. The summed E-state index contributed by atoms with van der Waals surface area (Å²) in [6, 6.07) is 0. The van der Waals surface area contributed by atoms with Gasteiger partial charge in [-0.3, -0.25) is 0 Å². The van der Waals surface area contributed by atoms with Crippen molar-refractivity contribution in [3.8, 4) is 0 Å². The third-order valence-corrected chi connectivity index (χ3v) is 4.60. The molecule has 1 saturated carbocycles. The van der Waals surface area contributed by atoms with Crippen LogP contribution in [0, 0.1) is 0 Å². The zero-order chi connectivity index (χ0) is 12.3. The van der Waals surface area contributed by atoms with Crippen molar-refractivity contribution in [1.82, 2.24) is 4.98 Å². The van der Waals surface area contributed by atoms with E-state index in [1.165, 1.54) is 43.4 Å². The summed E-state index contributed by atoms with van der Waals surface area (Å²) in [6.07, 6.45) is 7.93. The van der Waals surface area contributed by atoms with Crippen LogP contribution in [0.15, 0.2) is 0 Å². The van der Waals surface area contributed by atoms with Crippen LogP contribution in [0.2, 0.25) is 0 Å². The summed E-state index contributed by atoms with van der Waals surface area (Å²) in [5.41, 5.74) is 0.797. The Balaban J connectivity index is 2.22. The highest BCUT2D eigenvalue weighted by atomic mass is 32.1. The minimum Gasteiger partial charge on any atom is -0.477 e. The average Bonchev–Trinajstić information content (AvgIpc) is 2.75. The van der Waals surface area contributed by atoms with E-state index in [1.54, 1.807) is 0 Å². The highest BCUT2D eigenvalue weighted by Gasteiger charge is 2.23. The first-order valence-electron chi connectivity index (χ1n) is 6.45. The molecule has 1 aromatic rings. The number of rotatable bonds is 4. The van der Waals surface area contributed by atoms with Gasteiger partial charge in [0.15, 0.2) is 0 Å². The van der Waals surface area contributed by atoms with E-state index < -0.39 is 5.97 Å². The third-order valence-electron chi connectivity index (χ3n) is 3.35. The predicted octanol–water partition coefficient (Wildman–Crippen LogP) is 3.84. The van der Waals surface area contributed by atoms with E-state index >= 15 is 0 Å². The summed E-state index contributed by atoms with van der Waals surface area (Å²) in [4.78, 5) is 16.2. The molecule has 3 nitrogen and oxygen atoms in total. The maximum absolute atomic E-state index is 11.2. The van der Waals surface area contributed by atoms with Crippen LogP contribution in [0.5, 0.6) is 0 Å². The first-order chi connectivity index (χ1) is 8.22. The van der Waals surface area contributed by atoms with Crippen molar-refractivity contribution >= 4 is 17.3 Å². The number of aromatic nitrogens is 1. The number of nitrogens with zero attached hydrogens (tertiary/aromatic N) is 1. The monoisotopic (exact) mass is 253 g/mol. The van der Waals surface area contributed by atoms with E-state index in [4.69, 9.17) is 0 Å². The summed E-state index contributed by atoms with van der Waals surface area (Å²) in [5, 5.41) is 10.2. The number of carboxylic acids is 1. The summed E-state index contributed by atoms with van der Waals surface area (Å²) >= 11 is 1.40. The lowest BCUT2D eigenvalue weighted by Gasteiger charge is -2.18. The standard InChI is InChI=1S/C13H19NO2S/c1-2-6-10-11(13(15)16)17-12(14-10)9-7-4-3-5-8-9/h9H,2-8H2,1H3,(H,15,16). The quantitative estimate of drug-likeness (QED) is 0.887. The molecule has 0 bridgehead atoms. The number of carbonyl (C=O) groups is 1. The highest BCUT2D eigenvalue weighted by molar-refractivity contribution is 7.13. The molecule has 0 spiro atoms. The lowest BCUT2D eigenvalue weighted by molar-refractivity contribution is 0.0700. The second-order valence-electron chi connectivity index (χ2n) is 4.72. The summed E-state index contributed by atoms with van der Waals surface area (Å²) < 4.78 is 0. The lowest BCUT2D eigenvalue weighted by Crippen LogP contribution is -2.04. The Morgan fingerprint density at radius 3 is 2.71 bits per heavy atom. The number of aryl methyl sites for hydroxylation is 1. The largest absolute Gasteiger partial charge is 0.477 e. The molecule has 0 aromatic carbocycles.